The number of rotatable bonds is 8. The summed E-state index contributed by atoms with van der Waals surface area (Å²) in [6.07, 6.45) is 0.288. The van der Waals surface area contributed by atoms with Crippen molar-refractivity contribution in [2.75, 3.05) is 13.7 Å². The molecule has 6 heteroatoms. The van der Waals surface area contributed by atoms with Crippen molar-refractivity contribution in [3.8, 4) is 5.75 Å². The molecule has 26 heavy (non-hydrogen) atoms. The predicted octanol–water partition coefficient (Wildman–Crippen LogP) is 2.17. The van der Waals surface area contributed by atoms with E-state index in [4.69, 9.17) is 9.47 Å². The van der Waals surface area contributed by atoms with Gasteiger partial charge >= 0.3 is 5.97 Å². The van der Waals surface area contributed by atoms with Crippen LogP contribution in [0.2, 0.25) is 0 Å². The average molecular weight is 355 g/mol. The number of nitrogens with one attached hydrogen (secondary N) is 1. The maximum Gasteiger partial charge on any atom is 0.329 e. The molecule has 0 bridgehead atoms. The van der Waals surface area contributed by atoms with Crippen molar-refractivity contribution >= 4 is 17.7 Å². The van der Waals surface area contributed by atoms with E-state index in [1.165, 1.54) is 14.0 Å². The Morgan fingerprint density at radius 3 is 2.23 bits per heavy atom. The smallest absolute Gasteiger partial charge is 0.329 e. The molecular formula is C20H21NO5. The Labute approximate surface area is 152 Å². The minimum Gasteiger partial charge on any atom is -0.497 e. The number of esters is 1. The molecule has 0 aliphatic carbocycles. The molecule has 0 fully saturated rings. The molecule has 0 radical (unpaired) electrons. The predicted molar refractivity (Wildman–Crippen MR) is 96.0 cm³/mol. The Morgan fingerprint density at radius 2 is 1.65 bits per heavy atom. The standard InChI is InChI=1S/C20H21NO5/c1-14(22)21-18(12-15-6-4-3-5-7-15)20(24)26-13-19(23)16-8-10-17(25-2)11-9-16/h3-11,18H,12-13H2,1-2H3,(H,21,22). The Kier molecular flexibility index (Phi) is 6.91. The normalized spacial score (nSPS) is 11.3. The topological polar surface area (TPSA) is 81.7 Å². The Balaban J connectivity index is 1.96. The number of Topliss-reactive ketones (excluding diaryl/α,β-unsaturated/α-hetero) is 1. The third-order valence-electron chi connectivity index (χ3n) is 3.70. The summed E-state index contributed by atoms with van der Waals surface area (Å²) in [5, 5.41) is 2.57. The van der Waals surface area contributed by atoms with E-state index in [9.17, 15) is 14.4 Å². The lowest BCUT2D eigenvalue weighted by Gasteiger charge is -2.16. The van der Waals surface area contributed by atoms with Gasteiger partial charge in [0.25, 0.3) is 0 Å². The van der Waals surface area contributed by atoms with E-state index < -0.39 is 18.6 Å². The molecule has 0 aliphatic heterocycles. The van der Waals surface area contributed by atoms with E-state index in [1.807, 2.05) is 30.3 Å². The summed E-state index contributed by atoms with van der Waals surface area (Å²) in [7, 11) is 1.54. The minimum absolute atomic E-state index is 0.288. The Bertz CT molecular complexity index is 756. The van der Waals surface area contributed by atoms with Crippen molar-refractivity contribution in [2.24, 2.45) is 0 Å². The van der Waals surface area contributed by atoms with Crippen LogP contribution in [0.3, 0.4) is 0 Å². The molecule has 1 N–H and O–H groups in total. The van der Waals surface area contributed by atoms with Crippen LogP contribution in [0.25, 0.3) is 0 Å². The van der Waals surface area contributed by atoms with Gasteiger partial charge in [0, 0.05) is 18.9 Å². The summed E-state index contributed by atoms with van der Waals surface area (Å²) in [4.78, 5) is 35.8. The number of carbonyl (C=O) groups excluding carboxylic acids is 3. The van der Waals surface area contributed by atoms with Crippen molar-refractivity contribution in [3.63, 3.8) is 0 Å². The van der Waals surface area contributed by atoms with E-state index in [0.717, 1.165) is 5.56 Å². The highest BCUT2D eigenvalue weighted by molar-refractivity contribution is 5.98. The maximum atomic E-state index is 12.3. The summed E-state index contributed by atoms with van der Waals surface area (Å²) < 4.78 is 10.2. The molecule has 0 saturated heterocycles. The molecule has 1 unspecified atom stereocenters. The summed E-state index contributed by atoms with van der Waals surface area (Å²) >= 11 is 0. The lowest BCUT2D eigenvalue weighted by molar-refractivity contribution is -0.146. The van der Waals surface area contributed by atoms with Crippen LogP contribution in [-0.2, 0) is 20.7 Å². The van der Waals surface area contributed by atoms with Crippen LogP contribution in [0.5, 0.6) is 5.75 Å². The third-order valence-corrected chi connectivity index (χ3v) is 3.70. The molecule has 2 rings (SSSR count). The molecule has 0 aromatic heterocycles. The lowest BCUT2D eigenvalue weighted by atomic mass is 10.1. The number of hydrogen-bond donors (Lipinski definition) is 1. The van der Waals surface area contributed by atoms with Crippen LogP contribution in [0.1, 0.15) is 22.8 Å². The first-order valence-electron chi connectivity index (χ1n) is 8.14. The summed E-state index contributed by atoms with van der Waals surface area (Å²) in [5.74, 6) is -0.690. The van der Waals surface area contributed by atoms with Crippen LogP contribution < -0.4 is 10.1 Å². The van der Waals surface area contributed by atoms with E-state index in [0.29, 0.717) is 11.3 Å². The fourth-order valence-electron chi connectivity index (χ4n) is 2.39. The molecular weight excluding hydrogens is 334 g/mol. The van der Waals surface area contributed by atoms with Gasteiger partial charge in [-0.05, 0) is 29.8 Å². The van der Waals surface area contributed by atoms with Crippen molar-refractivity contribution < 1.29 is 23.9 Å². The average Bonchev–Trinajstić information content (AvgIpc) is 2.66. The summed E-state index contributed by atoms with van der Waals surface area (Å²) in [6, 6.07) is 14.9. The SMILES string of the molecule is COc1ccc(C(=O)COC(=O)C(Cc2ccccc2)NC(C)=O)cc1. The monoisotopic (exact) mass is 355 g/mol. The van der Waals surface area contributed by atoms with Gasteiger partial charge < -0.3 is 14.8 Å². The second-order valence-corrected chi connectivity index (χ2v) is 5.70. The Morgan fingerprint density at radius 1 is 1.00 bits per heavy atom. The van der Waals surface area contributed by atoms with Gasteiger partial charge in [0.2, 0.25) is 5.91 Å². The van der Waals surface area contributed by atoms with Gasteiger partial charge in [-0.3, -0.25) is 9.59 Å². The van der Waals surface area contributed by atoms with Gasteiger partial charge in [-0.1, -0.05) is 30.3 Å². The second-order valence-electron chi connectivity index (χ2n) is 5.70. The van der Waals surface area contributed by atoms with Crippen molar-refractivity contribution in [2.45, 2.75) is 19.4 Å². The highest BCUT2D eigenvalue weighted by Gasteiger charge is 2.22. The largest absolute Gasteiger partial charge is 0.497 e. The van der Waals surface area contributed by atoms with E-state index in [1.54, 1.807) is 24.3 Å². The fourth-order valence-corrected chi connectivity index (χ4v) is 2.39. The molecule has 1 amide bonds. The number of benzene rings is 2. The Hall–Kier alpha value is -3.15. The van der Waals surface area contributed by atoms with Crippen molar-refractivity contribution in [1.29, 1.82) is 0 Å². The van der Waals surface area contributed by atoms with Crippen LogP contribution in [0.4, 0.5) is 0 Å². The number of methoxy groups -OCH3 is 1. The molecule has 0 spiro atoms. The molecule has 136 valence electrons. The number of ether oxygens (including phenoxy) is 2. The summed E-state index contributed by atoms with van der Waals surface area (Å²) in [6.45, 7) is 0.934. The van der Waals surface area contributed by atoms with Gasteiger partial charge in [0.1, 0.15) is 11.8 Å². The fraction of sp³-hybridized carbons (Fsp3) is 0.250. The molecule has 2 aromatic carbocycles. The molecule has 1 atom stereocenters. The van der Waals surface area contributed by atoms with E-state index >= 15 is 0 Å². The molecule has 6 nitrogen and oxygen atoms in total. The van der Waals surface area contributed by atoms with Crippen molar-refractivity contribution in [3.05, 3.63) is 65.7 Å². The van der Waals surface area contributed by atoms with Crippen LogP contribution >= 0.6 is 0 Å². The van der Waals surface area contributed by atoms with Gasteiger partial charge in [-0.15, -0.1) is 0 Å². The lowest BCUT2D eigenvalue weighted by Crippen LogP contribution is -2.42. The quantitative estimate of drug-likeness (QED) is 0.580. The molecule has 0 aliphatic rings. The first-order chi connectivity index (χ1) is 12.5. The second kappa shape index (κ2) is 9.36. The molecule has 2 aromatic rings. The zero-order chi connectivity index (χ0) is 18.9. The number of ketones is 1. The summed E-state index contributed by atoms with van der Waals surface area (Å²) in [5.41, 5.74) is 1.29. The first kappa shape index (κ1) is 19.2. The molecule has 0 saturated carbocycles. The highest BCUT2D eigenvalue weighted by atomic mass is 16.5. The molecule has 0 heterocycles. The van der Waals surface area contributed by atoms with Gasteiger partial charge in [0.05, 0.1) is 7.11 Å². The van der Waals surface area contributed by atoms with Gasteiger partial charge in [-0.25, -0.2) is 4.79 Å². The van der Waals surface area contributed by atoms with Crippen molar-refractivity contribution in [1.82, 2.24) is 5.32 Å². The maximum absolute atomic E-state index is 12.3. The minimum atomic E-state index is -0.849. The third kappa shape index (κ3) is 5.73. The number of hydrogen-bond acceptors (Lipinski definition) is 5. The van der Waals surface area contributed by atoms with E-state index in [2.05, 4.69) is 5.32 Å². The number of amides is 1. The first-order valence-corrected chi connectivity index (χ1v) is 8.14. The van der Waals surface area contributed by atoms with Gasteiger partial charge in [0.15, 0.2) is 12.4 Å². The zero-order valence-corrected chi connectivity index (χ0v) is 14.7. The highest BCUT2D eigenvalue weighted by Crippen LogP contribution is 2.12. The van der Waals surface area contributed by atoms with Crippen LogP contribution in [-0.4, -0.2) is 37.4 Å². The van der Waals surface area contributed by atoms with Crippen LogP contribution in [0.15, 0.2) is 54.6 Å². The van der Waals surface area contributed by atoms with Crippen LogP contribution in [0, 0.1) is 0 Å². The van der Waals surface area contributed by atoms with E-state index in [-0.39, 0.29) is 18.1 Å². The van der Waals surface area contributed by atoms with Gasteiger partial charge in [-0.2, -0.15) is 0 Å². The zero-order valence-electron chi connectivity index (χ0n) is 14.7. The number of carbonyl (C=O) groups is 3.